The maximum atomic E-state index is 12.9. The normalized spacial score (nSPS) is 17.1. The van der Waals surface area contributed by atoms with Gasteiger partial charge in [-0.3, -0.25) is 9.69 Å². The van der Waals surface area contributed by atoms with Gasteiger partial charge < -0.3 is 5.32 Å². The van der Waals surface area contributed by atoms with Crippen LogP contribution >= 0.6 is 11.6 Å². The molecule has 1 amide bonds. The first-order valence-corrected chi connectivity index (χ1v) is 10.1. The number of anilines is 1. The van der Waals surface area contributed by atoms with Crippen molar-refractivity contribution in [1.29, 1.82) is 0 Å². The van der Waals surface area contributed by atoms with Crippen molar-refractivity contribution in [2.75, 3.05) is 18.4 Å². The summed E-state index contributed by atoms with van der Waals surface area (Å²) in [6, 6.07) is 16.2. The molecule has 0 radical (unpaired) electrons. The fraction of sp³-hybridized carbons (Fsp3) is 0.435. The third-order valence-electron chi connectivity index (χ3n) is 5.69. The molecule has 0 unspecified atom stereocenters. The maximum Gasteiger partial charge on any atom is 0.230 e. The lowest BCUT2D eigenvalue weighted by molar-refractivity contribution is -0.127. The van der Waals surface area contributed by atoms with E-state index in [9.17, 15) is 4.79 Å². The summed E-state index contributed by atoms with van der Waals surface area (Å²) in [5.41, 5.74) is 2.99. The van der Waals surface area contributed by atoms with Crippen molar-refractivity contribution >= 4 is 23.2 Å². The van der Waals surface area contributed by atoms with Gasteiger partial charge in [-0.05, 0) is 61.2 Å². The van der Waals surface area contributed by atoms with Gasteiger partial charge in [-0.25, -0.2) is 0 Å². The molecule has 0 atom stereocenters. The minimum absolute atomic E-state index is 0.122. The molecule has 1 aliphatic rings. The van der Waals surface area contributed by atoms with E-state index in [1.807, 2.05) is 30.3 Å². The van der Waals surface area contributed by atoms with Crippen LogP contribution in [-0.4, -0.2) is 23.9 Å². The Labute approximate surface area is 167 Å². The largest absolute Gasteiger partial charge is 0.326 e. The Hall–Kier alpha value is -1.84. The van der Waals surface area contributed by atoms with Crippen molar-refractivity contribution in [2.24, 2.45) is 5.41 Å². The van der Waals surface area contributed by atoms with Crippen LogP contribution < -0.4 is 5.32 Å². The summed E-state index contributed by atoms with van der Waals surface area (Å²) in [6.07, 6.45) is 1.71. The second kappa shape index (κ2) is 8.45. The molecule has 0 saturated carbocycles. The highest BCUT2D eigenvalue weighted by Crippen LogP contribution is 2.33. The minimum atomic E-state index is -0.326. The van der Waals surface area contributed by atoms with E-state index < -0.39 is 0 Å². The molecular weight excluding hydrogens is 356 g/mol. The van der Waals surface area contributed by atoms with Crippen LogP contribution in [0.1, 0.15) is 50.7 Å². The van der Waals surface area contributed by atoms with Gasteiger partial charge in [-0.15, -0.1) is 0 Å². The van der Waals surface area contributed by atoms with Gasteiger partial charge in [0.05, 0.1) is 0 Å². The summed E-state index contributed by atoms with van der Waals surface area (Å²) in [5.74, 6) is 0.618. The highest BCUT2D eigenvalue weighted by Gasteiger charge is 2.37. The molecule has 0 bridgehead atoms. The van der Waals surface area contributed by atoms with Crippen LogP contribution in [0.5, 0.6) is 0 Å². The molecule has 1 N–H and O–H groups in total. The van der Waals surface area contributed by atoms with E-state index in [1.165, 1.54) is 5.56 Å². The molecule has 2 aromatic rings. The summed E-state index contributed by atoms with van der Waals surface area (Å²) in [4.78, 5) is 15.3. The lowest BCUT2D eigenvalue weighted by atomic mass is 9.79. The first-order chi connectivity index (χ1) is 12.9. The van der Waals surface area contributed by atoms with Gasteiger partial charge in [-0.2, -0.15) is 0 Å². The Balaban J connectivity index is 1.56. The maximum absolute atomic E-state index is 12.9. The monoisotopic (exact) mass is 384 g/mol. The molecule has 144 valence electrons. The summed E-state index contributed by atoms with van der Waals surface area (Å²) >= 11 is 6.28. The van der Waals surface area contributed by atoms with Gasteiger partial charge in [0, 0.05) is 22.7 Å². The molecule has 1 fully saturated rings. The number of piperidine rings is 1. The zero-order valence-corrected chi connectivity index (χ0v) is 17.2. The van der Waals surface area contributed by atoms with Gasteiger partial charge >= 0.3 is 0 Å². The number of benzene rings is 2. The Morgan fingerprint density at radius 3 is 2.33 bits per heavy atom. The number of rotatable bonds is 5. The number of amides is 1. The first kappa shape index (κ1) is 19.9. The van der Waals surface area contributed by atoms with Crippen molar-refractivity contribution in [3.8, 4) is 0 Å². The molecule has 4 heteroatoms. The number of hydrogen-bond acceptors (Lipinski definition) is 2. The summed E-state index contributed by atoms with van der Waals surface area (Å²) in [5, 5.41) is 3.93. The second-order valence-electron chi connectivity index (χ2n) is 8.16. The molecule has 27 heavy (non-hydrogen) atoms. The Morgan fingerprint density at radius 2 is 1.74 bits per heavy atom. The van der Waals surface area contributed by atoms with Crippen LogP contribution in [0.15, 0.2) is 48.5 Å². The van der Waals surface area contributed by atoms with Crippen molar-refractivity contribution < 1.29 is 4.79 Å². The molecule has 3 nitrogen and oxygen atoms in total. The van der Waals surface area contributed by atoms with Gasteiger partial charge in [-0.1, -0.05) is 62.7 Å². The van der Waals surface area contributed by atoms with Crippen LogP contribution in [0.2, 0.25) is 5.02 Å². The number of hydrogen-bond donors (Lipinski definition) is 1. The van der Waals surface area contributed by atoms with Crippen molar-refractivity contribution in [2.45, 2.75) is 46.1 Å². The number of nitrogens with zero attached hydrogens (tertiary/aromatic N) is 1. The van der Waals surface area contributed by atoms with Crippen LogP contribution in [-0.2, 0) is 11.3 Å². The van der Waals surface area contributed by atoms with Gasteiger partial charge in [0.1, 0.15) is 0 Å². The zero-order valence-electron chi connectivity index (χ0n) is 16.5. The van der Waals surface area contributed by atoms with E-state index >= 15 is 0 Å². The van der Waals surface area contributed by atoms with Crippen molar-refractivity contribution in [3.05, 3.63) is 64.7 Å². The smallest absolute Gasteiger partial charge is 0.230 e. The fourth-order valence-electron chi connectivity index (χ4n) is 3.53. The third kappa shape index (κ3) is 4.91. The van der Waals surface area contributed by atoms with E-state index in [-0.39, 0.29) is 11.3 Å². The molecule has 0 aromatic heterocycles. The molecule has 3 rings (SSSR count). The molecule has 0 aliphatic carbocycles. The highest BCUT2D eigenvalue weighted by atomic mass is 35.5. The van der Waals surface area contributed by atoms with Crippen LogP contribution in [0.4, 0.5) is 5.69 Å². The standard InChI is InChI=1S/C23H29ClN2O/c1-17(2)18-8-10-20(11-9-18)25-22(27)23(3)12-14-26(15-13-23)16-19-6-4-5-7-21(19)24/h4-11,17H,12-16H2,1-3H3,(H,25,27). The van der Waals surface area contributed by atoms with Crippen LogP contribution in [0.25, 0.3) is 0 Å². The lowest BCUT2D eigenvalue weighted by Gasteiger charge is -2.38. The van der Waals surface area contributed by atoms with Crippen LogP contribution in [0, 0.1) is 5.41 Å². The molecule has 0 spiro atoms. The van der Waals surface area contributed by atoms with E-state index in [4.69, 9.17) is 11.6 Å². The number of likely N-dealkylation sites (tertiary alicyclic amines) is 1. The highest BCUT2D eigenvalue weighted by molar-refractivity contribution is 6.31. The second-order valence-corrected chi connectivity index (χ2v) is 8.57. The average molecular weight is 385 g/mol. The third-order valence-corrected chi connectivity index (χ3v) is 6.06. The summed E-state index contributed by atoms with van der Waals surface area (Å²) < 4.78 is 0. The Kier molecular flexibility index (Phi) is 6.23. The zero-order chi connectivity index (χ0) is 19.4. The molecule has 1 heterocycles. The van der Waals surface area contributed by atoms with E-state index in [0.29, 0.717) is 5.92 Å². The molecule has 2 aromatic carbocycles. The fourth-order valence-corrected chi connectivity index (χ4v) is 3.73. The number of carbonyl (C=O) groups is 1. The van der Waals surface area contributed by atoms with E-state index in [2.05, 4.69) is 49.2 Å². The van der Waals surface area contributed by atoms with Gasteiger partial charge in [0.15, 0.2) is 0 Å². The average Bonchev–Trinajstić information content (AvgIpc) is 2.66. The van der Waals surface area contributed by atoms with Gasteiger partial charge in [0.2, 0.25) is 5.91 Å². The summed E-state index contributed by atoms with van der Waals surface area (Å²) in [7, 11) is 0. The first-order valence-electron chi connectivity index (χ1n) is 9.74. The Bertz CT molecular complexity index is 777. The topological polar surface area (TPSA) is 32.3 Å². The minimum Gasteiger partial charge on any atom is -0.326 e. The van der Waals surface area contributed by atoms with Crippen molar-refractivity contribution in [1.82, 2.24) is 4.90 Å². The van der Waals surface area contributed by atoms with Crippen LogP contribution in [0.3, 0.4) is 0 Å². The molecule has 1 saturated heterocycles. The quantitative estimate of drug-likeness (QED) is 0.716. The SMILES string of the molecule is CC(C)c1ccc(NC(=O)C2(C)CCN(Cc3ccccc3Cl)CC2)cc1. The molecular formula is C23H29ClN2O. The Morgan fingerprint density at radius 1 is 1.11 bits per heavy atom. The number of halogens is 1. The predicted octanol–water partition coefficient (Wildman–Crippen LogP) is 5.70. The van der Waals surface area contributed by atoms with Gasteiger partial charge in [0.25, 0.3) is 0 Å². The lowest BCUT2D eigenvalue weighted by Crippen LogP contribution is -2.44. The van der Waals surface area contributed by atoms with Crippen molar-refractivity contribution in [3.63, 3.8) is 0 Å². The molecule has 1 aliphatic heterocycles. The van der Waals surface area contributed by atoms with E-state index in [1.54, 1.807) is 0 Å². The summed E-state index contributed by atoms with van der Waals surface area (Å²) in [6.45, 7) is 9.07. The predicted molar refractivity (Wildman–Crippen MR) is 113 cm³/mol. The van der Waals surface area contributed by atoms with E-state index in [0.717, 1.165) is 48.7 Å². The number of carbonyl (C=O) groups excluding carboxylic acids is 1. The number of nitrogens with one attached hydrogen (secondary N) is 1.